The van der Waals surface area contributed by atoms with Gasteiger partial charge in [0.1, 0.15) is 17.7 Å². The summed E-state index contributed by atoms with van der Waals surface area (Å²) in [5.74, 6) is -7.68. The van der Waals surface area contributed by atoms with Crippen molar-refractivity contribution in [3.63, 3.8) is 0 Å². The molecule has 0 bridgehead atoms. The van der Waals surface area contributed by atoms with Gasteiger partial charge in [-0.3, -0.25) is 4.79 Å². The lowest BCUT2D eigenvalue weighted by atomic mass is 10.2. The van der Waals surface area contributed by atoms with E-state index >= 15 is 0 Å². The molecule has 28 heavy (non-hydrogen) atoms. The van der Waals surface area contributed by atoms with Gasteiger partial charge in [0.15, 0.2) is 11.5 Å². The number of aromatic amines is 1. The predicted molar refractivity (Wildman–Crippen MR) is 86.6 cm³/mol. The number of hydrogen-bond acceptors (Lipinski definition) is 5. The molecule has 0 saturated heterocycles. The van der Waals surface area contributed by atoms with Gasteiger partial charge in [0.2, 0.25) is 5.75 Å². The van der Waals surface area contributed by atoms with Crippen LogP contribution in [0.3, 0.4) is 0 Å². The van der Waals surface area contributed by atoms with Crippen molar-refractivity contribution in [2.24, 2.45) is 0 Å². The van der Waals surface area contributed by atoms with Crippen LogP contribution in [-0.4, -0.2) is 21.3 Å². The summed E-state index contributed by atoms with van der Waals surface area (Å²) in [6, 6.07) is 4.97. The second-order valence-corrected chi connectivity index (χ2v) is 5.97. The summed E-state index contributed by atoms with van der Waals surface area (Å²) in [7, 11) is 0. The number of benzene rings is 1. The summed E-state index contributed by atoms with van der Waals surface area (Å²) < 4.78 is 76.5. The molecule has 0 fully saturated rings. The smallest absolute Gasteiger partial charge is 0.449 e. The molecule has 2 aromatic heterocycles. The number of nitrogens with one attached hydrogen (secondary N) is 1. The van der Waals surface area contributed by atoms with Crippen LogP contribution < -0.4 is 10.3 Å². The summed E-state index contributed by atoms with van der Waals surface area (Å²) in [6.07, 6.45) is -5.01. The van der Waals surface area contributed by atoms with E-state index in [0.29, 0.717) is 5.56 Å². The van der Waals surface area contributed by atoms with Crippen molar-refractivity contribution in [2.75, 3.05) is 0 Å². The van der Waals surface area contributed by atoms with E-state index in [1.165, 1.54) is 12.1 Å². The van der Waals surface area contributed by atoms with Crippen LogP contribution in [0.5, 0.6) is 11.5 Å². The molecule has 12 heteroatoms. The molecule has 0 saturated carbocycles. The van der Waals surface area contributed by atoms with Crippen LogP contribution in [0.25, 0.3) is 11.5 Å². The number of nitrogens with zero attached hydrogens (tertiary/aromatic N) is 2. The Hall–Kier alpha value is -2.95. The van der Waals surface area contributed by atoms with E-state index in [2.05, 4.69) is 14.7 Å². The van der Waals surface area contributed by atoms with E-state index in [4.69, 9.17) is 16.3 Å². The Bertz CT molecular complexity index is 1060. The molecule has 148 valence electrons. The molecule has 0 aliphatic rings. The standard InChI is InChI=1S/C16H9ClF5N3O3/c1-7-2-3-8(6-9(7)17)28-11-12(15(18,19)16(20,21)22)23-13(24-14(11)26)10-4-5-27-25-10/h2-6H,1H3,(H,23,24,26). The third-order valence-electron chi connectivity index (χ3n) is 3.57. The number of halogens is 6. The molecule has 0 amide bonds. The van der Waals surface area contributed by atoms with E-state index in [1.807, 2.05) is 4.98 Å². The maximum atomic E-state index is 14.1. The Labute approximate surface area is 157 Å². The van der Waals surface area contributed by atoms with Gasteiger partial charge in [-0.2, -0.15) is 22.0 Å². The second-order valence-electron chi connectivity index (χ2n) is 5.56. The third kappa shape index (κ3) is 3.57. The predicted octanol–water partition coefficient (Wildman–Crippen LogP) is 4.83. The molecule has 3 rings (SSSR count). The first-order valence-corrected chi connectivity index (χ1v) is 7.82. The monoisotopic (exact) mass is 421 g/mol. The number of hydrogen-bond donors (Lipinski definition) is 1. The van der Waals surface area contributed by atoms with Gasteiger partial charge in [0.05, 0.1) is 0 Å². The van der Waals surface area contributed by atoms with Crippen molar-refractivity contribution in [2.45, 2.75) is 19.0 Å². The first-order chi connectivity index (χ1) is 13.0. The fourth-order valence-electron chi connectivity index (χ4n) is 2.12. The van der Waals surface area contributed by atoms with Crippen molar-refractivity contribution in [3.8, 4) is 23.0 Å². The Morgan fingerprint density at radius 3 is 2.46 bits per heavy atom. The van der Waals surface area contributed by atoms with Crippen molar-refractivity contribution < 1.29 is 31.2 Å². The van der Waals surface area contributed by atoms with Gasteiger partial charge in [-0.05, 0) is 24.6 Å². The van der Waals surface area contributed by atoms with Gasteiger partial charge in [-0.1, -0.05) is 22.8 Å². The van der Waals surface area contributed by atoms with Crippen LogP contribution in [0, 0.1) is 6.92 Å². The van der Waals surface area contributed by atoms with Gasteiger partial charge in [0, 0.05) is 11.1 Å². The summed E-state index contributed by atoms with van der Waals surface area (Å²) >= 11 is 5.89. The molecule has 2 heterocycles. The fraction of sp³-hybridized carbons (Fsp3) is 0.188. The van der Waals surface area contributed by atoms with Gasteiger partial charge >= 0.3 is 12.1 Å². The van der Waals surface area contributed by atoms with E-state index < -0.39 is 34.9 Å². The molecule has 0 aliphatic heterocycles. The quantitative estimate of drug-likeness (QED) is 0.610. The molecule has 1 aromatic carbocycles. The van der Waals surface area contributed by atoms with Crippen molar-refractivity contribution in [3.05, 3.63) is 57.2 Å². The first kappa shape index (κ1) is 19.8. The van der Waals surface area contributed by atoms with Crippen LogP contribution in [0.2, 0.25) is 5.02 Å². The zero-order valence-corrected chi connectivity index (χ0v) is 14.5. The largest absolute Gasteiger partial charge is 0.459 e. The number of ether oxygens (including phenoxy) is 1. The molecule has 0 radical (unpaired) electrons. The maximum absolute atomic E-state index is 14.1. The van der Waals surface area contributed by atoms with Crippen LogP contribution >= 0.6 is 11.6 Å². The highest BCUT2D eigenvalue weighted by atomic mass is 35.5. The number of alkyl halides is 5. The van der Waals surface area contributed by atoms with E-state index in [0.717, 1.165) is 18.4 Å². The Morgan fingerprint density at radius 2 is 1.89 bits per heavy atom. The molecule has 3 aromatic rings. The average Bonchev–Trinajstić information content (AvgIpc) is 3.13. The molecule has 0 unspecified atom stereocenters. The normalized spacial score (nSPS) is 12.2. The minimum absolute atomic E-state index is 0.158. The lowest BCUT2D eigenvalue weighted by Crippen LogP contribution is -2.36. The van der Waals surface area contributed by atoms with Crippen molar-refractivity contribution in [1.82, 2.24) is 15.1 Å². The number of rotatable bonds is 4. The van der Waals surface area contributed by atoms with Crippen LogP contribution in [0.15, 0.2) is 39.8 Å². The molecule has 0 aliphatic carbocycles. The van der Waals surface area contributed by atoms with Crippen LogP contribution in [-0.2, 0) is 5.92 Å². The van der Waals surface area contributed by atoms with Gasteiger partial charge < -0.3 is 14.2 Å². The molecular formula is C16H9ClF5N3O3. The number of aryl methyl sites for hydroxylation is 1. The first-order valence-electron chi connectivity index (χ1n) is 7.45. The van der Waals surface area contributed by atoms with Crippen molar-refractivity contribution >= 4 is 11.6 Å². The SMILES string of the molecule is Cc1ccc(Oc2c(C(F)(F)C(F)(F)F)nc(-c3ccon3)[nH]c2=O)cc1Cl. The maximum Gasteiger partial charge on any atom is 0.459 e. The van der Waals surface area contributed by atoms with Gasteiger partial charge in [0.25, 0.3) is 5.56 Å². The lowest BCUT2D eigenvalue weighted by Gasteiger charge is -2.21. The Morgan fingerprint density at radius 1 is 1.18 bits per heavy atom. The van der Waals surface area contributed by atoms with Crippen molar-refractivity contribution in [1.29, 1.82) is 0 Å². The molecule has 0 spiro atoms. The van der Waals surface area contributed by atoms with E-state index in [-0.39, 0.29) is 16.5 Å². The van der Waals surface area contributed by atoms with Gasteiger partial charge in [-0.15, -0.1) is 0 Å². The molecular weight excluding hydrogens is 413 g/mol. The average molecular weight is 422 g/mol. The highest BCUT2D eigenvalue weighted by Crippen LogP contribution is 2.46. The minimum Gasteiger partial charge on any atom is -0.449 e. The zero-order valence-electron chi connectivity index (χ0n) is 13.8. The molecule has 6 nitrogen and oxygen atoms in total. The Balaban J connectivity index is 2.20. The van der Waals surface area contributed by atoms with Gasteiger partial charge in [-0.25, -0.2) is 4.98 Å². The highest BCUT2D eigenvalue weighted by molar-refractivity contribution is 6.31. The topological polar surface area (TPSA) is 81.0 Å². The fourth-order valence-corrected chi connectivity index (χ4v) is 2.29. The molecule has 0 atom stereocenters. The number of aromatic nitrogens is 3. The summed E-state index contributed by atoms with van der Waals surface area (Å²) in [5, 5.41) is 3.51. The lowest BCUT2D eigenvalue weighted by molar-refractivity contribution is -0.291. The van der Waals surface area contributed by atoms with Crippen LogP contribution in [0.1, 0.15) is 11.3 Å². The highest BCUT2D eigenvalue weighted by Gasteiger charge is 2.62. The number of H-pyrrole nitrogens is 1. The summed E-state index contributed by atoms with van der Waals surface area (Å²) in [6.45, 7) is 1.64. The third-order valence-corrected chi connectivity index (χ3v) is 3.98. The summed E-state index contributed by atoms with van der Waals surface area (Å²) in [5.41, 5.74) is -2.94. The zero-order chi connectivity index (χ0) is 20.7. The minimum atomic E-state index is -6.03. The molecule has 1 N–H and O–H groups in total. The van der Waals surface area contributed by atoms with E-state index in [1.54, 1.807) is 6.92 Å². The summed E-state index contributed by atoms with van der Waals surface area (Å²) in [4.78, 5) is 17.6. The second kappa shape index (κ2) is 6.89. The van der Waals surface area contributed by atoms with E-state index in [9.17, 15) is 26.7 Å². The van der Waals surface area contributed by atoms with Crippen LogP contribution in [0.4, 0.5) is 22.0 Å². The Kier molecular flexibility index (Phi) is 4.88.